The first-order valence-corrected chi connectivity index (χ1v) is 6.37. The summed E-state index contributed by atoms with van der Waals surface area (Å²) in [7, 11) is 1.52. The Morgan fingerprint density at radius 3 is 2.40 bits per heavy atom. The van der Waals surface area contributed by atoms with Crippen LogP contribution in [0.15, 0.2) is 18.2 Å². The predicted octanol–water partition coefficient (Wildman–Crippen LogP) is 3.17. The van der Waals surface area contributed by atoms with E-state index in [1.807, 2.05) is 0 Å². The van der Waals surface area contributed by atoms with Gasteiger partial charge < -0.3 is 9.47 Å². The third-order valence-corrected chi connectivity index (χ3v) is 2.37. The van der Waals surface area contributed by atoms with E-state index in [1.54, 1.807) is 39.0 Å². The van der Waals surface area contributed by atoms with E-state index in [9.17, 15) is 9.59 Å². The molecular weight excluding hydrogens is 258 g/mol. The molecule has 1 aromatic rings. The zero-order valence-corrected chi connectivity index (χ0v) is 12.6. The van der Waals surface area contributed by atoms with Crippen LogP contribution in [0.1, 0.15) is 33.3 Å². The van der Waals surface area contributed by atoms with Crippen LogP contribution in [0.2, 0.25) is 0 Å². The van der Waals surface area contributed by atoms with Crippen LogP contribution >= 0.6 is 0 Å². The largest absolute Gasteiger partial charge is 0.496 e. The third-order valence-electron chi connectivity index (χ3n) is 2.37. The molecule has 20 heavy (non-hydrogen) atoms. The molecule has 0 aliphatic heterocycles. The van der Waals surface area contributed by atoms with Crippen molar-refractivity contribution in [1.82, 2.24) is 0 Å². The molecule has 1 rings (SSSR count). The van der Waals surface area contributed by atoms with E-state index in [4.69, 9.17) is 9.47 Å². The highest BCUT2D eigenvalue weighted by molar-refractivity contribution is 5.85. The number of carbonyl (C=O) groups is 2. The van der Waals surface area contributed by atoms with Crippen LogP contribution in [0.25, 0.3) is 0 Å². The lowest BCUT2D eigenvalue weighted by Gasteiger charge is -2.20. The molecule has 0 fully saturated rings. The molecule has 1 N–H and O–H groups in total. The van der Waals surface area contributed by atoms with Gasteiger partial charge in [0, 0.05) is 23.7 Å². The molecule has 0 unspecified atom stereocenters. The van der Waals surface area contributed by atoms with Crippen molar-refractivity contribution < 1.29 is 19.1 Å². The minimum absolute atomic E-state index is 0.0520. The molecule has 0 heterocycles. The van der Waals surface area contributed by atoms with Crippen molar-refractivity contribution in [2.75, 3.05) is 12.4 Å². The standard InChI is InChI=1S/C15H21NO4/c1-10(17)8-11-6-7-12(9-13(11)19-5)16-14(18)20-15(2,3)4/h6-7,9H,8H2,1-5H3,(H,16,18). The Balaban J connectivity index is 2.82. The van der Waals surface area contributed by atoms with E-state index in [2.05, 4.69) is 5.32 Å². The molecule has 5 nitrogen and oxygen atoms in total. The van der Waals surface area contributed by atoms with Crippen molar-refractivity contribution in [3.8, 4) is 5.75 Å². The van der Waals surface area contributed by atoms with Gasteiger partial charge in [0.15, 0.2) is 0 Å². The van der Waals surface area contributed by atoms with Crippen LogP contribution in [-0.4, -0.2) is 24.6 Å². The van der Waals surface area contributed by atoms with Gasteiger partial charge in [0.05, 0.1) is 7.11 Å². The van der Waals surface area contributed by atoms with Gasteiger partial charge in [0.2, 0.25) is 0 Å². The van der Waals surface area contributed by atoms with Gasteiger partial charge in [-0.25, -0.2) is 4.79 Å². The summed E-state index contributed by atoms with van der Waals surface area (Å²) >= 11 is 0. The number of rotatable bonds is 4. The number of hydrogen-bond donors (Lipinski definition) is 1. The Hall–Kier alpha value is -2.04. The molecule has 1 aromatic carbocycles. The quantitative estimate of drug-likeness (QED) is 0.919. The Labute approximate surface area is 119 Å². The highest BCUT2D eigenvalue weighted by Crippen LogP contribution is 2.24. The number of ketones is 1. The van der Waals surface area contributed by atoms with Crippen molar-refractivity contribution in [1.29, 1.82) is 0 Å². The van der Waals surface area contributed by atoms with E-state index in [0.717, 1.165) is 5.56 Å². The number of methoxy groups -OCH3 is 1. The molecular formula is C15H21NO4. The molecule has 110 valence electrons. The molecule has 0 saturated heterocycles. The van der Waals surface area contributed by atoms with Crippen molar-refractivity contribution in [3.63, 3.8) is 0 Å². The normalized spacial score (nSPS) is 10.8. The highest BCUT2D eigenvalue weighted by Gasteiger charge is 2.16. The summed E-state index contributed by atoms with van der Waals surface area (Å²) in [6.45, 7) is 6.90. The van der Waals surface area contributed by atoms with Crippen molar-refractivity contribution in [2.45, 2.75) is 39.7 Å². The van der Waals surface area contributed by atoms with Crippen LogP contribution in [0.3, 0.4) is 0 Å². The monoisotopic (exact) mass is 279 g/mol. The second kappa shape index (κ2) is 6.41. The lowest BCUT2D eigenvalue weighted by atomic mass is 10.1. The fraction of sp³-hybridized carbons (Fsp3) is 0.467. The van der Waals surface area contributed by atoms with Crippen molar-refractivity contribution in [3.05, 3.63) is 23.8 Å². The minimum Gasteiger partial charge on any atom is -0.496 e. The lowest BCUT2D eigenvalue weighted by molar-refractivity contribution is -0.116. The molecule has 0 radical (unpaired) electrons. The van der Waals surface area contributed by atoms with Gasteiger partial charge in [-0.05, 0) is 33.8 Å². The molecule has 0 atom stereocenters. The van der Waals surface area contributed by atoms with Gasteiger partial charge in [-0.1, -0.05) is 6.07 Å². The summed E-state index contributed by atoms with van der Waals surface area (Å²) in [5.74, 6) is 0.616. The fourth-order valence-electron chi connectivity index (χ4n) is 1.66. The van der Waals surface area contributed by atoms with E-state index < -0.39 is 11.7 Å². The van der Waals surface area contributed by atoms with E-state index in [1.165, 1.54) is 14.0 Å². The van der Waals surface area contributed by atoms with Crippen molar-refractivity contribution in [2.24, 2.45) is 0 Å². The average molecular weight is 279 g/mol. The van der Waals surface area contributed by atoms with Crippen LogP contribution in [0.4, 0.5) is 10.5 Å². The van der Waals surface area contributed by atoms with Crippen LogP contribution in [0.5, 0.6) is 5.75 Å². The number of anilines is 1. The number of amides is 1. The first-order valence-electron chi connectivity index (χ1n) is 6.37. The summed E-state index contributed by atoms with van der Waals surface area (Å²) in [5.41, 5.74) is 0.793. The number of benzene rings is 1. The van der Waals surface area contributed by atoms with Gasteiger partial charge in [0.25, 0.3) is 0 Å². The molecule has 0 aliphatic carbocycles. The van der Waals surface area contributed by atoms with Crippen LogP contribution < -0.4 is 10.1 Å². The third kappa shape index (κ3) is 5.30. The number of carbonyl (C=O) groups excluding carboxylic acids is 2. The molecule has 0 bridgehead atoms. The summed E-state index contributed by atoms with van der Waals surface area (Å²) in [4.78, 5) is 22.8. The van der Waals surface area contributed by atoms with Gasteiger partial charge in [-0.2, -0.15) is 0 Å². The fourth-order valence-corrected chi connectivity index (χ4v) is 1.66. The summed E-state index contributed by atoms with van der Waals surface area (Å²) in [6.07, 6.45) is -0.227. The Morgan fingerprint density at radius 1 is 1.25 bits per heavy atom. The van der Waals surface area contributed by atoms with Crippen molar-refractivity contribution >= 4 is 17.6 Å². The number of hydrogen-bond acceptors (Lipinski definition) is 4. The second-order valence-corrected chi connectivity index (χ2v) is 5.53. The predicted molar refractivity (Wildman–Crippen MR) is 77.2 cm³/mol. The van der Waals surface area contributed by atoms with Crippen LogP contribution in [-0.2, 0) is 16.0 Å². The Morgan fingerprint density at radius 2 is 1.90 bits per heavy atom. The highest BCUT2D eigenvalue weighted by atomic mass is 16.6. The molecule has 0 saturated carbocycles. The molecule has 0 spiro atoms. The first-order chi connectivity index (χ1) is 9.21. The number of Topliss-reactive ketones (excluding diaryl/α,β-unsaturated/α-hetero) is 1. The van der Waals surface area contributed by atoms with E-state index in [0.29, 0.717) is 17.9 Å². The maximum atomic E-state index is 11.7. The molecule has 1 amide bonds. The zero-order valence-electron chi connectivity index (χ0n) is 12.6. The maximum absolute atomic E-state index is 11.7. The zero-order chi connectivity index (χ0) is 15.3. The SMILES string of the molecule is COc1cc(NC(=O)OC(C)(C)C)ccc1CC(C)=O. The Kier molecular flexibility index (Phi) is 5.13. The topological polar surface area (TPSA) is 64.6 Å². The Bertz CT molecular complexity index is 503. The average Bonchev–Trinajstić information content (AvgIpc) is 2.27. The summed E-state index contributed by atoms with van der Waals surface area (Å²) in [6, 6.07) is 5.14. The second-order valence-electron chi connectivity index (χ2n) is 5.53. The summed E-state index contributed by atoms with van der Waals surface area (Å²) < 4.78 is 10.4. The van der Waals surface area contributed by atoms with E-state index in [-0.39, 0.29) is 5.78 Å². The molecule has 0 aromatic heterocycles. The summed E-state index contributed by atoms with van der Waals surface area (Å²) in [5, 5.41) is 2.63. The number of nitrogens with one attached hydrogen (secondary N) is 1. The lowest BCUT2D eigenvalue weighted by Crippen LogP contribution is -2.27. The first kappa shape index (κ1) is 16.0. The smallest absolute Gasteiger partial charge is 0.412 e. The van der Waals surface area contributed by atoms with E-state index >= 15 is 0 Å². The number of ether oxygens (including phenoxy) is 2. The maximum Gasteiger partial charge on any atom is 0.412 e. The molecule has 0 aliphatic rings. The van der Waals surface area contributed by atoms with Gasteiger partial charge in [-0.15, -0.1) is 0 Å². The van der Waals surface area contributed by atoms with Gasteiger partial charge in [-0.3, -0.25) is 10.1 Å². The van der Waals surface area contributed by atoms with Crippen LogP contribution in [0, 0.1) is 0 Å². The van der Waals surface area contributed by atoms with Gasteiger partial charge in [0.1, 0.15) is 17.1 Å². The molecule has 5 heteroatoms. The van der Waals surface area contributed by atoms with Gasteiger partial charge >= 0.3 is 6.09 Å². The minimum atomic E-state index is -0.553.